The number of nitrogens with one attached hydrogen (secondary N) is 1. The number of nitrogens with zero attached hydrogens (tertiary/aromatic N) is 2. The molecule has 2 unspecified atom stereocenters. The van der Waals surface area contributed by atoms with Gasteiger partial charge in [0.25, 0.3) is 5.91 Å². The van der Waals surface area contributed by atoms with Crippen LogP contribution in [0.1, 0.15) is 28.9 Å². The molecular weight excluding hydrogens is 539 g/mol. The molecule has 0 aliphatic carbocycles. The van der Waals surface area contributed by atoms with Gasteiger partial charge in [-0.1, -0.05) is 42.5 Å². The molecule has 3 heterocycles. The average Bonchev–Trinajstić information content (AvgIpc) is 3.62. The van der Waals surface area contributed by atoms with Crippen LogP contribution >= 0.6 is 0 Å². The molecule has 0 saturated carbocycles. The summed E-state index contributed by atoms with van der Waals surface area (Å²) in [4.78, 5) is 44.6. The van der Waals surface area contributed by atoms with E-state index in [1.807, 2.05) is 71.6 Å². The van der Waals surface area contributed by atoms with Crippen molar-refractivity contribution in [3.63, 3.8) is 0 Å². The molecule has 5 rings (SSSR count). The van der Waals surface area contributed by atoms with Crippen molar-refractivity contribution in [2.75, 3.05) is 13.7 Å². The number of carboxylic acids is 1. The van der Waals surface area contributed by atoms with Gasteiger partial charge in [0.15, 0.2) is 0 Å². The topological polar surface area (TPSA) is 113 Å². The van der Waals surface area contributed by atoms with Crippen LogP contribution in [-0.4, -0.2) is 63.7 Å². The molecule has 11 heteroatoms. The maximum absolute atomic E-state index is 13.5. The van der Waals surface area contributed by atoms with Gasteiger partial charge in [-0.25, -0.2) is 4.79 Å². The van der Waals surface area contributed by atoms with Crippen LogP contribution in [-0.2, 0) is 20.7 Å². The molecule has 1 aliphatic heterocycles. The van der Waals surface area contributed by atoms with Crippen LogP contribution in [0.4, 0.5) is 13.2 Å². The highest BCUT2D eigenvalue weighted by Crippen LogP contribution is 2.30. The molecule has 1 aliphatic rings. The minimum absolute atomic E-state index is 0.0446. The van der Waals surface area contributed by atoms with Crippen LogP contribution in [0, 0.1) is 5.92 Å². The minimum atomic E-state index is -5.08. The second kappa shape index (κ2) is 12.7. The Labute approximate surface area is 233 Å². The molecule has 41 heavy (non-hydrogen) atoms. The number of aromatic amines is 1. The Morgan fingerprint density at radius 3 is 2.34 bits per heavy atom. The zero-order valence-electron chi connectivity index (χ0n) is 22.1. The number of fused-ring (bicyclic) bond motifs is 1. The number of pyridine rings is 1. The Bertz CT molecular complexity index is 1470. The zero-order chi connectivity index (χ0) is 29.6. The quantitative estimate of drug-likeness (QED) is 0.298. The highest BCUT2D eigenvalue weighted by molar-refractivity contribution is 5.95. The highest BCUT2D eigenvalue weighted by atomic mass is 19.4. The smallest absolute Gasteiger partial charge is 0.475 e. The van der Waals surface area contributed by atoms with Gasteiger partial charge in [0, 0.05) is 41.8 Å². The Morgan fingerprint density at radius 2 is 1.73 bits per heavy atom. The summed E-state index contributed by atoms with van der Waals surface area (Å²) in [6.45, 7) is 0.633. The van der Waals surface area contributed by atoms with Crippen LogP contribution in [0.5, 0.6) is 0 Å². The summed E-state index contributed by atoms with van der Waals surface area (Å²) in [5.74, 6) is -3.54. The fraction of sp³-hybridized carbons (Fsp3) is 0.267. The summed E-state index contributed by atoms with van der Waals surface area (Å²) in [6.07, 6.45) is 0.551. The molecule has 1 saturated heterocycles. The second-order valence-corrected chi connectivity index (χ2v) is 9.55. The predicted octanol–water partition coefficient (Wildman–Crippen LogP) is 5.50. The molecular formula is C30H28F3N3O5. The van der Waals surface area contributed by atoms with Gasteiger partial charge in [-0.3, -0.25) is 14.6 Å². The number of hydrogen-bond acceptors (Lipinski definition) is 5. The number of alkyl halides is 3. The lowest BCUT2D eigenvalue weighted by atomic mass is 9.92. The first kappa shape index (κ1) is 29.3. The summed E-state index contributed by atoms with van der Waals surface area (Å²) in [5, 5.41) is 8.17. The lowest BCUT2D eigenvalue weighted by Gasteiger charge is -2.30. The number of ether oxygens (including phenoxy) is 1. The van der Waals surface area contributed by atoms with Crippen LogP contribution in [0.15, 0.2) is 79.1 Å². The van der Waals surface area contributed by atoms with Crippen molar-refractivity contribution in [2.45, 2.75) is 31.5 Å². The van der Waals surface area contributed by atoms with Crippen molar-refractivity contribution in [1.29, 1.82) is 0 Å². The number of methoxy groups -OCH3 is 1. The van der Waals surface area contributed by atoms with Gasteiger partial charge >= 0.3 is 18.1 Å². The molecule has 2 N–H and O–H groups in total. The average molecular weight is 568 g/mol. The molecule has 0 bridgehead atoms. The van der Waals surface area contributed by atoms with E-state index >= 15 is 0 Å². The number of likely N-dealkylation sites (tertiary alicyclic amines) is 1. The summed E-state index contributed by atoms with van der Waals surface area (Å²) >= 11 is 0. The molecule has 4 aromatic rings. The van der Waals surface area contributed by atoms with Gasteiger partial charge in [0.1, 0.15) is 0 Å². The van der Waals surface area contributed by atoms with Crippen molar-refractivity contribution in [3.05, 3.63) is 90.4 Å². The summed E-state index contributed by atoms with van der Waals surface area (Å²) in [5.41, 5.74) is 4.67. The number of amides is 1. The number of H-pyrrole nitrogens is 1. The molecule has 2 aromatic carbocycles. The number of aliphatic carboxylic acids is 1. The molecule has 1 fully saturated rings. The number of carbonyl (C=O) groups excluding carboxylic acids is 2. The third-order valence-corrected chi connectivity index (χ3v) is 6.93. The maximum Gasteiger partial charge on any atom is 0.490 e. The maximum atomic E-state index is 13.5. The van der Waals surface area contributed by atoms with Crippen molar-refractivity contribution in [3.8, 4) is 11.1 Å². The van der Waals surface area contributed by atoms with Gasteiger partial charge in [-0.15, -0.1) is 0 Å². The van der Waals surface area contributed by atoms with Crippen molar-refractivity contribution in [1.82, 2.24) is 14.9 Å². The van der Waals surface area contributed by atoms with Crippen LogP contribution in [0.25, 0.3) is 22.0 Å². The predicted molar refractivity (Wildman–Crippen MR) is 145 cm³/mol. The Morgan fingerprint density at radius 1 is 1.07 bits per heavy atom. The number of rotatable bonds is 6. The second-order valence-electron chi connectivity index (χ2n) is 9.55. The van der Waals surface area contributed by atoms with Gasteiger partial charge < -0.3 is 19.7 Å². The number of halogens is 3. The summed E-state index contributed by atoms with van der Waals surface area (Å²) in [6, 6.07) is 21.5. The van der Waals surface area contributed by atoms with E-state index in [2.05, 4.69) is 9.97 Å². The zero-order valence-corrected chi connectivity index (χ0v) is 22.1. The van der Waals surface area contributed by atoms with E-state index in [0.29, 0.717) is 18.5 Å². The first-order chi connectivity index (χ1) is 19.6. The molecule has 1 amide bonds. The number of carboxylic acid groups (broad SMARTS) is 1. The standard InChI is InChI=1S/C28H27N3O3.C2HF3O2/c1-34-28(33)24(17-23-16-22-13-14-29-18-25(22)30-23)26-8-5-15-31(26)27(32)21-11-9-20(10-12-21)19-6-3-2-4-7-19;3-2(4,5)1(6)7/h2-4,6-7,9-14,16,18,24,26,30H,5,8,15,17H2,1H3;(H,6,7). The molecule has 0 radical (unpaired) electrons. The number of hydrogen-bond donors (Lipinski definition) is 2. The number of esters is 1. The minimum Gasteiger partial charge on any atom is -0.475 e. The van der Waals surface area contributed by atoms with Crippen molar-refractivity contribution < 1.29 is 37.4 Å². The van der Waals surface area contributed by atoms with Crippen molar-refractivity contribution in [2.24, 2.45) is 5.92 Å². The largest absolute Gasteiger partial charge is 0.490 e. The SMILES string of the molecule is COC(=O)C(Cc1cc2ccncc2[nH]1)C1CCCN1C(=O)c1ccc(-c2ccccc2)cc1.O=C(O)C(F)(F)F. The van der Waals surface area contributed by atoms with Gasteiger partial charge in [-0.05, 0) is 48.2 Å². The lowest BCUT2D eigenvalue weighted by Crippen LogP contribution is -2.44. The van der Waals surface area contributed by atoms with Crippen LogP contribution < -0.4 is 0 Å². The molecule has 0 spiro atoms. The highest BCUT2D eigenvalue weighted by Gasteiger charge is 2.40. The van der Waals surface area contributed by atoms with E-state index in [0.717, 1.165) is 40.6 Å². The summed E-state index contributed by atoms with van der Waals surface area (Å²) in [7, 11) is 1.41. The van der Waals surface area contributed by atoms with Gasteiger partial charge in [0.05, 0.1) is 24.7 Å². The first-order valence-corrected chi connectivity index (χ1v) is 12.8. The third kappa shape index (κ3) is 7.10. The normalized spacial score (nSPS) is 15.6. The fourth-order valence-electron chi connectivity index (χ4n) is 4.97. The van der Waals surface area contributed by atoms with Gasteiger partial charge in [-0.2, -0.15) is 13.2 Å². The lowest BCUT2D eigenvalue weighted by molar-refractivity contribution is -0.192. The molecule has 214 valence electrons. The van der Waals surface area contributed by atoms with Gasteiger partial charge in [0.2, 0.25) is 0 Å². The van der Waals surface area contributed by atoms with E-state index in [4.69, 9.17) is 14.6 Å². The Hall–Kier alpha value is -4.67. The van der Waals surface area contributed by atoms with E-state index in [-0.39, 0.29) is 17.9 Å². The number of aromatic nitrogens is 2. The first-order valence-electron chi connectivity index (χ1n) is 12.8. The number of carbonyl (C=O) groups is 3. The Kier molecular flexibility index (Phi) is 9.06. The fourth-order valence-corrected chi connectivity index (χ4v) is 4.97. The monoisotopic (exact) mass is 567 g/mol. The molecule has 2 atom stereocenters. The van der Waals surface area contributed by atoms with Crippen molar-refractivity contribution >= 4 is 28.7 Å². The Balaban J connectivity index is 0.000000493. The molecule has 8 nitrogen and oxygen atoms in total. The number of benzene rings is 2. The van der Waals surface area contributed by atoms with E-state index in [1.54, 1.807) is 12.4 Å². The van der Waals surface area contributed by atoms with Crippen LogP contribution in [0.3, 0.4) is 0 Å². The molecule has 2 aromatic heterocycles. The third-order valence-electron chi connectivity index (χ3n) is 6.93. The van der Waals surface area contributed by atoms with Crippen LogP contribution in [0.2, 0.25) is 0 Å². The summed E-state index contributed by atoms with van der Waals surface area (Å²) < 4.78 is 36.9. The van der Waals surface area contributed by atoms with E-state index < -0.39 is 18.1 Å². The van der Waals surface area contributed by atoms with E-state index in [1.165, 1.54) is 7.11 Å². The van der Waals surface area contributed by atoms with E-state index in [9.17, 15) is 22.8 Å².